The summed E-state index contributed by atoms with van der Waals surface area (Å²) >= 11 is 0. The van der Waals surface area contributed by atoms with Crippen LogP contribution < -0.4 is 14.8 Å². The second kappa shape index (κ2) is 12.3. The van der Waals surface area contributed by atoms with E-state index >= 15 is 0 Å². The Bertz CT molecular complexity index is 709. The molecule has 1 aromatic rings. The van der Waals surface area contributed by atoms with Gasteiger partial charge in [-0.3, -0.25) is 4.79 Å². The van der Waals surface area contributed by atoms with Gasteiger partial charge < -0.3 is 24.6 Å². The van der Waals surface area contributed by atoms with Crippen molar-refractivity contribution in [2.45, 2.75) is 64.3 Å². The first-order chi connectivity index (χ1) is 15.2. The number of hydrogen-bond donors (Lipinski definition) is 1. The lowest BCUT2D eigenvalue weighted by Crippen LogP contribution is -2.40. The predicted octanol–water partition coefficient (Wildman–Crippen LogP) is 3.27. The molecular weight excluding hydrogens is 390 g/mol. The summed E-state index contributed by atoms with van der Waals surface area (Å²) < 4.78 is 11.0. The van der Waals surface area contributed by atoms with E-state index in [0.717, 1.165) is 69.9 Å². The smallest absolute Gasteiger partial charge is 0.236 e. The highest BCUT2D eigenvalue weighted by molar-refractivity contribution is 5.78. The van der Waals surface area contributed by atoms with E-state index in [4.69, 9.17) is 9.47 Å². The maximum atomic E-state index is 12.1. The molecule has 1 amide bonds. The minimum absolute atomic E-state index is 0.262. The van der Waals surface area contributed by atoms with Crippen molar-refractivity contribution in [3.63, 3.8) is 0 Å². The van der Waals surface area contributed by atoms with Crippen LogP contribution in [0, 0.1) is 0 Å². The maximum Gasteiger partial charge on any atom is 0.236 e. The number of hydrogen-bond acceptors (Lipinski definition) is 5. The average Bonchev–Trinajstić information content (AvgIpc) is 3.00. The molecule has 1 heterocycles. The average molecular weight is 432 g/mol. The van der Waals surface area contributed by atoms with Gasteiger partial charge in [0.1, 0.15) is 0 Å². The van der Waals surface area contributed by atoms with Gasteiger partial charge in [-0.15, -0.1) is 0 Å². The Morgan fingerprint density at radius 2 is 1.87 bits per heavy atom. The molecular formula is C25H41N3O3. The number of nitrogens with one attached hydrogen (secondary N) is 1. The normalized spacial score (nSPS) is 19.3. The molecule has 1 unspecified atom stereocenters. The van der Waals surface area contributed by atoms with Gasteiger partial charge in [-0.05, 0) is 87.8 Å². The molecule has 0 spiro atoms. The Morgan fingerprint density at radius 3 is 2.61 bits per heavy atom. The number of aryl methyl sites for hydroxylation is 1. The number of carbonyl (C=O) groups is 1. The first-order valence-corrected chi connectivity index (χ1v) is 12.1. The van der Waals surface area contributed by atoms with E-state index in [9.17, 15) is 4.79 Å². The van der Waals surface area contributed by atoms with Crippen LogP contribution in [0.15, 0.2) is 12.1 Å². The van der Waals surface area contributed by atoms with Crippen molar-refractivity contribution in [1.29, 1.82) is 0 Å². The number of carbonyl (C=O) groups excluding carboxylic acids is 1. The SMILES string of the molecule is CCCN(CCCCCN1CCCNCC1=O)C1CCc2cc(OC)c(OC)cc2C1. The Kier molecular flexibility index (Phi) is 9.47. The summed E-state index contributed by atoms with van der Waals surface area (Å²) in [5.41, 5.74) is 2.81. The minimum Gasteiger partial charge on any atom is -0.493 e. The number of amides is 1. The molecule has 1 fully saturated rings. The summed E-state index contributed by atoms with van der Waals surface area (Å²) in [6.45, 7) is 7.86. The van der Waals surface area contributed by atoms with Crippen molar-refractivity contribution in [1.82, 2.24) is 15.1 Å². The summed E-state index contributed by atoms with van der Waals surface area (Å²) in [6, 6.07) is 4.94. The van der Waals surface area contributed by atoms with Gasteiger partial charge in [-0.25, -0.2) is 0 Å². The van der Waals surface area contributed by atoms with Gasteiger partial charge in [-0.1, -0.05) is 13.3 Å². The summed E-state index contributed by atoms with van der Waals surface area (Å²) in [6.07, 6.45) is 9.15. The fourth-order valence-electron chi connectivity index (χ4n) is 5.00. The number of benzene rings is 1. The van der Waals surface area contributed by atoms with E-state index < -0.39 is 0 Å². The second-order valence-electron chi connectivity index (χ2n) is 8.88. The number of fused-ring (bicyclic) bond motifs is 1. The maximum absolute atomic E-state index is 12.1. The number of ether oxygens (including phenoxy) is 2. The molecule has 0 radical (unpaired) electrons. The zero-order valence-electron chi connectivity index (χ0n) is 19.8. The molecule has 174 valence electrons. The van der Waals surface area contributed by atoms with E-state index in [1.54, 1.807) is 14.2 Å². The Morgan fingerprint density at radius 1 is 1.10 bits per heavy atom. The minimum atomic E-state index is 0.262. The van der Waals surface area contributed by atoms with Crippen LogP contribution in [0.5, 0.6) is 11.5 Å². The Balaban J connectivity index is 1.49. The highest BCUT2D eigenvalue weighted by atomic mass is 16.5. The molecule has 1 aromatic carbocycles. The van der Waals surface area contributed by atoms with Gasteiger partial charge in [0.05, 0.1) is 20.8 Å². The van der Waals surface area contributed by atoms with E-state index in [2.05, 4.69) is 29.3 Å². The summed E-state index contributed by atoms with van der Waals surface area (Å²) in [5.74, 6) is 1.93. The molecule has 31 heavy (non-hydrogen) atoms. The van der Waals surface area contributed by atoms with E-state index in [1.165, 1.54) is 36.8 Å². The lowest BCUT2D eigenvalue weighted by Gasteiger charge is -2.35. The van der Waals surface area contributed by atoms with Crippen molar-refractivity contribution < 1.29 is 14.3 Å². The third-order valence-electron chi connectivity index (χ3n) is 6.72. The first-order valence-electron chi connectivity index (χ1n) is 12.1. The van der Waals surface area contributed by atoms with Crippen LogP contribution in [0.4, 0.5) is 0 Å². The van der Waals surface area contributed by atoms with Crippen molar-refractivity contribution >= 4 is 5.91 Å². The van der Waals surface area contributed by atoms with Crippen LogP contribution in [0.1, 0.15) is 56.6 Å². The molecule has 0 aromatic heterocycles. The summed E-state index contributed by atoms with van der Waals surface area (Å²) in [7, 11) is 3.42. The van der Waals surface area contributed by atoms with Gasteiger partial charge in [0.15, 0.2) is 11.5 Å². The number of unbranched alkanes of at least 4 members (excludes halogenated alkanes) is 2. The number of rotatable bonds is 11. The van der Waals surface area contributed by atoms with Gasteiger partial charge in [0.2, 0.25) is 5.91 Å². The molecule has 3 rings (SSSR count). The molecule has 1 N–H and O–H groups in total. The standard InChI is InChI=1S/C25H41N3O3/c1-4-12-27(13-6-5-7-14-28-15-8-11-26-19-25(28)29)22-10-9-20-17-23(30-2)24(31-3)18-21(20)16-22/h17-18,22,26H,4-16,19H2,1-3H3. The van der Waals surface area contributed by atoms with Gasteiger partial charge in [0.25, 0.3) is 0 Å². The van der Waals surface area contributed by atoms with Crippen LogP contribution in [-0.2, 0) is 17.6 Å². The zero-order valence-corrected chi connectivity index (χ0v) is 19.8. The highest BCUT2D eigenvalue weighted by Gasteiger charge is 2.25. The summed E-state index contributed by atoms with van der Waals surface area (Å²) in [4.78, 5) is 16.8. The third kappa shape index (κ3) is 6.59. The lowest BCUT2D eigenvalue weighted by molar-refractivity contribution is -0.129. The van der Waals surface area contributed by atoms with Crippen LogP contribution in [0.25, 0.3) is 0 Å². The molecule has 6 nitrogen and oxygen atoms in total. The molecule has 0 saturated carbocycles. The fraction of sp³-hybridized carbons (Fsp3) is 0.720. The lowest BCUT2D eigenvalue weighted by atomic mass is 9.86. The van der Waals surface area contributed by atoms with Gasteiger partial charge in [0, 0.05) is 19.1 Å². The first kappa shape index (κ1) is 23.9. The topological polar surface area (TPSA) is 54.0 Å². The Hall–Kier alpha value is -1.79. The van der Waals surface area contributed by atoms with Crippen molar-refractivity contribution in [2.75, 3.05) is 53.5 Å². The molecule has 2 aliphatic rings. The summed E-state index contributed by atoms with van der Waals surface area (Å²) in [5, 5.41) is 3.20. The van der Waals surface area contributed by atoms with Crippen molar-refractivity contribution in [3.05, 3.63) is 23.3 Å². The van der Waals surface area contributed by atoms with Crippen LogP contribution in [-0.4, -0.2) is 75.2 Å². The predicted molar refractivity (Wildman–Crippen MR) is 125 cm³/mol. The van der Waals surface area contributed by atoms with Crippen LogP contribution in [0.3, 0.4) is 0 Å². The third-order valence-corrected chi connectivity index (χ3v) is 6.72. The highest BCUT2D eigenvalue weighted by Crippen LogP contribution is 2.35. The molecule has 1 saturated heterocycles. The van der Waals surface area contributed by atoms with Gasteiger partial charge >= 0.3 is 0 Å². The van der Waals surface area contributed by atoms with Gasteiger partial charge in [-0.2, -0.15) is 0 Å². The number of methoxy groups -OCH3 is 2. The quantitative estimate of drug-likeness (QED) is 0.545. The molecule has 1 aliphatic heterocycles. The van der Waals surface area contributed by atoms with Crippen LogP contribution in [0.2, 0.25) is 0 Å². The molecule has 1 aliphatic carbocycles. The van der Waals surface area contributed by atoms with Crippen LogP contribution >= 0.6 is 0 Å². The Labute approximate surface area is 188 Å². The van der Waals surface area contributed by atoms with E-state index in [0.29, 0.717) is 12.6 Å². The van der Waals surface area contributed by atoms with Crippen molar-refractivity contribution in [2.24, 2.45) is 0 Å². The largest absolute Gasteiger partial charge is 0.493 e. The molecule has 0 bridgehead atoms. The van der Waals surface area contributed by atoms with E-state index in [-0.39, 0.29) is 5.91 Å². The second-order valence-corrected chi connectivity index (χ2v) is 8.88. The van der Waals surface area contributed by atoms with Crippen molar-refractivity contribution in [3.8, 4) is 11.5 Å². The monoisotopic (exact) mass is 431 g/mol. The molecule has 6 heteroatoms. The number of nitrogens with zero attached hydrogens (tertiary/aromatic N) is 2. The van der Waals surface area contributed by atoms with E-state index in [1.807, 2.05) is 4.90 Å². The zero-order chi connectivity index (χ0) is 22.1. The fourth-order valence-corrected chi connectivity index (χ4v) is 5.00. The molecule has 1 atom stereocenters.